The Morgan fingerprint density at radius 1 is 1.33 bits per heavy atom. The molecule has 2 aromatic rings. The number of nitrogens with zero attached hydrogens (tertiary/aromatic N) is 3. The Morgan fingerprint density at radius 3 is 2.89 bits per heavy atom. The first-order valence-electron chi connectivity index (χ1n) is 6.19. The van der Waals surface area contributed by atoms with Gasteiger partial charge in [-0.25, -0.2) is 4.68 Å². The van der Waals surface area contributed by atoms with E-state index in [0.29, 0.717) is 17.4 Å². The van der Waals surface area contributed by atoms with Crippen molar-refractivity contribution < 1.29 is 5.11 Å². The van der Waals surface area contributed by atoms with Crippen molar-refractivity contribution in [2.75, 3.05) is 0 Å². The van der Waals surface area contributed by atoms with Gasteiger partial charge in [0, 0.05) is 6.54 Å². The molecule has 1 heterocycles. The Hall–Kier alpha value is -1.75. The Labute approximate surface area is 105 Å². The zero-order valence-electron chi connectivity index (χ0n) is 10.4. The number of hydrogen-bond acceptors (Lipinski definition) is 4. The maximum Gasteiger partial charge on any atom is 0.277 e. The predicted octanol–water partition coefficient (Wildman–Crippen LogP) is 1.34. The summed E-state index contributed by atoms with van der Waals surface area (Å²) in [7, 11) is 0. The zero-order chi connectivity index (χ0) is 13.0. The number of rotatable bonds is 5. The SMILES string of the molecule is CC(O)CCCCn1nnc2ccccc2c1=O. The van der Waals surface area contributed by atoms with Gasteiger partial charge in [-0.05, 0) is 38.3 Å². The third-order valence-electron chi connectivity index (χ3n) is 2.87. The van der Waals surface area contributed by atoms with Crippen LogP contribution in [0.1, 0.15) is 26.2 Å². The summed E-state index contributed by atoms with van der Waals surface area (Å²) in [5.74, 6) is 0. The minimum absolute atomic E-state index is 0.0994. The molecule has 0 aliphatic heterocycles. The summed E-state index contributed by atoms with van der Waals surface area (Å²) < 4.78 is 1.39. The van der Waals surface area contributed by atoms with Crippen LogP contribution in [-0.2, 0) is 6.54 Å². The highest BCUT2D eigenvalue weighted by atomic mass is 16.3. The molecule has 1 N–H and O–H groups in total. The number of aromatic nitrogens is 3. The van der Waals surface area contributed by atoms with Crippen molar-refractivity contribution in [3.63, 3.8) is 0 Å². The van der Waals surface area contributed by atoms with E-state index in [1.807, 2.05) is 12.1 Å². The van der Waals surface area contributed by atoms with Gasteiger partial charge in [0.15, 0.2) is 0 Å². The summed E-state index contributed by atoms with van der Waals surface area (Å²) in [4.78, 5) is 12.1. The smallest absolute Gasteiger partial charge is 0.277 e. The second kappa shape index (κ2) is 5.73. The molecule has 18 heavy (non-hydrogen) atoms. The van der Waals surface area contributed by atoms with Crippen LogP contribution in [0.2, 0.25) is 0 Å². The topological polar surface area (TPSA) is 68.0 Å². The Bertz CT molecular complexity index is 578. The largest absolute Gasteiger partial charge is 0.393 e. The van der Waals surface area contributed by atoms with Crippen molar-refractivity contribution in [2.24, 2.45) is 0 Å². The van der Waals surface area contributed by atoms with E-state index in [1.54, 1.807) is 19.1 Å². The Kier molecular flexibility index (Phi) is 4.04. The van der Waals surface area contributed by atoms with Crippen molar-refractivity contribution in [2.45, 2.75) is 38.8 Å². The van der Waals surface area contributed by atoms with Crippen molar-refractivity contribution in [1.82, 2.24) is 15.0 Å². The summed E-state index contributed by atoms with van der Waals surface area (Å²) in [5.41, 5.74) is 0.528. The summed E-state index contributed by atoms with van der Waals surface area (Å²) in [5, 5.41) is 17.7. The number of benzene rings is 1. The zero-order valence-corrected chi connectivity index (χ0v) is 10.4. The first kappa shape index (κ1) is 12.7. The van der Waals surface area contributed by atoms with Gasteiger partial charge in [0.1, 0.15) is 5.52 Å². The van der Waals surface area contributed by atoms with Gasteiger partial charge in [-0.15, -0.1) is 5.10 Å². The number of unbranched alkanes of at least 4 members (excludes halogenated alkanes) is 1. The summed E-state index contributed by atoms with van der Waals surface area (Å²) in [6, 6.07) is 7.20. The van der Waals surface area contributed by atoms with E-state index in [9.17, 15) is 4.79 Å². The average molecular weight is 247 g/mol. The molecule has 0 bridgehead atoms. The van der Waals surface area contributed by atoms with Crippen LogP contribution in [0.5, 0.6) is 0 Å². The van der Waals surface area contributed by atoms with Gasteiger partial charge in [-0.3, -0.25) is 4.79 Å². The van der Waals surface area contributed by atoms with Crippen molar-refractivity contribution in [3.8, 4) is 0 Å². The normalized spacial score (nSPS) is 12.8. The molecule has 0 aliphatic carbocycles. The Morgan fingerprint density at radius 2 is 2.11 bits per heavy atom. The molecule has 1 aromatic heterocycles. The van der Waals surface area contributed by atoms with Crippen LogP contribution in [0.15, 0.2) is 29.1 Å². The quantitative estimate of drug-likeness (QED) is 0.810. The van der Waals surface area contributed by atoms with Crippen LogP contribution in [-0.4, -0.2) is 26.2 Å². The lowest BCUT2D eigenvalue weighted by Crippen LogP contribution is -2.24. The summed E-state index contributed by atoms with van der Waals surface area (Å²) in [6.45, 7) is 2.31. The molecule has 1 unspecified atom stereocenters. The van der Waals surface area contributed by atoms with Gasteiger partial charge < -0.3 is 5.11 Å². The maximum atomic E-state index is 12.1. The second-order valence-electron chi connectivity index (χ2n) is 4.48. The van der Waals surface area contributed by atoms with Gasteiger partial charge in [0.2, 0.25) is 0 Å². The number of aliphatic hydroxyl groups excluding tert-OH is 1. The lowest BCUT2D eigenvalue weighted by atomic mass is 10.2. The van der Waals surface area contributed by atoms with Crippen LogP contribution >= 0.6 is 0 Å². The van der Waals surface area contributed by atoms with Crippen LogP contribution < -0.4 is 5.56 Å². The van der Waals surface area contributed by atoms with Crippen molar-refractivity contribution >= 4 is 10.9 Å². The molecule has 0 spiro atoms. The van der Waals surface area contributed by atoms with Gasteiger partial charge in [-0.1, -0.05) is 17.3 Å². The highest BCUT2D eigenvalue weighted by Gasteiger charge is 2.04. The number of aliphatic hydroxyl groups is 1. The fourth-order valence-electron chi connectivity index (χ4n) is 1.87. The number of aryl methyl sites for hydroxylation is 1. The fraction of sp³-hybridized carbons (Fsp3) is 0.462. The Balaban J connectivity index is 2.10. The number of fused-ring (bicyclic) bond motifs is 1. The van der Waals surface area contributed by atoms with E-state index in [-0.39, 0.29) is 11.7 Å². The summed E-state index contributed by atoms with van der Waals surface area (Å²) >= 11 is 0. The third-order valence-corrected chi connectivity index (χ3v) is 2.87. The highest BCUT2D eigenvalue weighted by Crippen LogP contribution is 2.05. The van der Waals surface area contributed by atoms with Crippen LogP contribution in [0.4, 0.5) is 0 Å². The molecule has 0 amide bonds. The van der Waals surface area contributed by atoms with Crippen LogP contribution in [0.25, 0.3) is 10.9 Å². The standard InChI is InChI=1S/C13H17N3O2/c1-10(17)6-4-5-9-16-13(18)11-7-2-3-8-12(11)14-15-16/h2-3,7-8,10,17H,4-6,9H2,1H3. The van der Waals surface area contributed by atoms with Gasteiger partial charge >= 0.3 is 0 Å². The molecule has 0 aliphatic rings. The van der Waals surface area contributed by atoms with E-state index >= 15 is 0 Å². The number of hydrogen-bond donors (Lipinski definition) is 1. The third kappa shape index (κ3) is 2.92. The molecule has 96 valence electrons. The predicted molar refractivity (Wildman–Crippen MR) is 69.3 cm³/mol. The molecule has 1 atom stereocenters. The lowest BCUT2D eigenvalue weighted by Gasteiger charge is -2.05. The molecular formula is C13H17N3O2. The molecule has 5 nitrogen and oxygen atoms in total. The van der Waals surface area contributed by atoms with Gasteiger partial charge in [0.25, 0.3) is 5.56 Å². The van der Waals surface area contributed by atoms with Crippen LogP contribution in [0, 0.1) is 0 Å². The van der Waals surface area contributed by atoms with Crippen LogP contribution in [0.3, 0.4) is 0 Å². The summed E-state index contributed by atoms with van der Waals surface area (Å²) in [6.07, 6.45) is 2.15. The molecule has 0 radical (unpaired) electrons. The van der Waals surface area contributed by atoms with Crippen molar-refractivity contribution in [1.29, 1.82) is 0 Å². The van der Waals surface area contributed by atoms with E-state index in [2.05, 4.69) is 10.3 Å². The minimum atomic E-state index is -0.288. The lowest BCUT2D eigenvalue weighted by molar-refractivity contribution is 0.179. The minimum Gasteiger partial charge on any atom is -0.393 e. The molecule has 0 fully saturated rings. The average Bonchev–Trinajstić information content (AvgIpc) is 2.37. The molecule has 2 rings (SSSR count). The van der Waals surface area contributed by atoms with E-state index < -0.39 is 0 Å². The first-order valence-corrected chi connectivity index (χ1v) is 6.19. The second-order valence-corrected chi connectivity index (χ2v) is 4.48. The molecule has 1 aromatic carbocycles. The molecular weight excluding hydrogens is 230 g/mol. The van der Waals surface area contributed by atoms with Gasteiger partial charge in [-0.2, -0.15) is 0 Å². The van der Waals surface area contributed by atoms with E-state index in [4.69, 9.17) is 5.11 Å². The molecule has 0 saturated heterocycles. The first-order chi connectivity index (χ1) is 8.68. The molecule has 0 saturated carbocycles. The monoisotopic (exact) mass is 247 g/mol. The van der Waals surface area contributed by atoms with E-state index in [1.165, 1.54) is 4.68 Å². The molecule has 5 heteroatoms. The highest BCUT2D eigenvalue weighted by molar-refractivity contribution is 5.76. The van der Waals surface area contributed by atoms with Crippen molar-refractivity contribution in [3.05, 3.63) is 34.6 Å². The maximum absolute atomic E-state index is 12.1. The van der Waals surface area contributed by atoms with E-state index in [0.717, 1.165) is 19.3 Å². The van der Waals surface area contributed by atoms with Gasteiger partial charge in [0.05, 0.1) is 11.5 Å². The fourth-order valence-corrected chi connectivity index (χ4v) is 1.87.